The molecule has 1 N–H and O–H groups in total. The van der Waals surface area contributed by atoms with Crippen LogP contribution in [0.3, 0.4) is 0 Å². The van der Waals surface area contributed by atoms with Gasteiger partial charge in [0.1, 0.15) is 5.65 Å². The third-order valence-corrected chi connectivity index (χ3v) is 6.68. The van der Waals surface area contributed by atoms with Gasteiger partial charge in [-0.3, -0.25) is 9.59 Å². The van der Waals surface area contributed by atoms with Crippen LogP contribution in [0.25, 0.3) is 5.65 Å². The third-order valence-electron chi connectivity index (χ3n) is 4.84. The lowest BCUT2D eigenvalue weighted by molar-refractivity contribution is -0.116. The minimum Gasteiger partial charge on any atom is -0.332 e. The first-order valence-corrected chi connectivity index (χ1v) is 11.8. The second-order valence-electron chi connectivity index (χ2n) is 7.32. The summed E-state index contributed by atoms with van der Waals surface area (Å²) in [6, 6.07) is 18.0. The fourth-order valence-electron chi connectivity index (χ4n) is 3.24. The molecule has 0 aliphatic heterocycles. The van der Waals surface area contributed by atoms with Gasteiger partial charge in [-0.1, -0.05) is 41.4 Å². The summed E-state index contributed by atoms with van der Waals surface area (Å²) in [4.78, 5) is 32.3. The zero-order chi connectivity index (χ0) is 23.4. The van der Waals surface area contributed by atoms with E-state index in [0.29, 0.717) is 27.0 Å². The Morgan fingerprint density at radius 1 is 1.06 bits per heavy atom. The maximum Gasteiger partial charge on any atom is 0.255 e. The van der Waals surface area contributed by atoms with Gasteiger partial charge in [-0.25, -0.2) is 4.98 Å². The highest BCUT2D eigenvalue weighted by Crippen LogP contribution is 2.27. The van der Waals surface area contributed by atoms with E-state index in [0.717, 1.165) is 16.2 Å². The van der Waals surface area contributed by atoms with Crippen molar-refractivity contribution in [1.29, 1.82) is 0 Å². The van der Waals surface area contributed by atoms with Gasteiger partial charge in [-0.2, -0.15) is 0 Å². The molecule has 168 valence electrons. The smallest absolute Gasteiger partial charge is 0.255 e. The quantitative estimate of drug-likeness (QED) is 0.334. The number of likely N-dealkylation sites (N-methyl/N-ethyl adjacent to an activating group) is 1. The highest BCUT2D eigenvalue weighted by atomic mass is 35.5. The van der Waals surface area contributed by atoms with Gasteiger partial charge in [0.25, 0.3) is 5.91 Å². The van der Waals surface area contributed by atoms with Gasteiger partial charge in [-0.15, -0.1) is 11.8 Å². The molecule has 0 radical (unpaired) electrons. The number of fused-ring (bicyclic) bond motifs is 1. The van der Waals surface area contributed by atoms with E-state index in [1.807, 2.05) is 53.2 Å². The van der Waals surface area contributed by atoms with Crippen LogP contribution >= 0.6 is 35.0 Å². The molecular weight excluding hydrogens is 479 g/mol. The molecule has 0 spiro atoms. The minimum absolute atomic E-state index is 0.107. The van der Waals surface area contributed by atoms with E-state index in [1.165, 1.54) is 16.7 Å². The molecule has 0 saturated heterocycles. The number of imidazole rings is 1. The van der Waals surface area contributed by atoms with Gasteiger partial charge in [0.15, 0.2) is 0 Å². The van der Waals surface area contributed by atoms with E-state index in [9.17, 15) is 9.59 Å². The van der Waals surface area contributed by atoms with Crippen LogP contribution in [0.2, 0.25) is 10.0 Å². The molecule has 2 aromatic heterocycles. The van der Waals surface area contributed by atoms with Crippen molar-refractivity contribution in [3.05, 3.63) is 94.4 Å². The Hall–Kier alpha value is -3.00. The van der Waals surface area contributed by atoms with Crippen LogP contribution in [0.15, 0.2) is 78.0 Å². The first-order valence-electron chi connectivity index (χ1n) is 10.1. The molecule has 2 heterocycles. The number of nitrogens with zero attached hydrogens (tertiary/aromatic N) is 3. The molecular formula is C24H20Cl2N4O2S. The van der Waals surface area contributed by atoms with Crippen molar-refractivity contribution in [1.82, 2.24) is 14.3 Å². The van der Waals surface area contributed by atoms with Crippen LogP contribution in [-0.2, 0) is 10.5 Å². The van der Waals surface area contributed by atoms with Gasteiger partial charge in [0.2, 0.25) is 5.91 Å². The van der Waals surface area contributed by atoms with E-state index in [2.05, 4.69) is 10.3 Å². The standard InChI is InChI=1S/C24H20Cl2N4O2S/c1-29(14-23(31)28-16-9-10-19(25)20(26)12-16)24(32)18-6-2-3-7-21(18)33-15-17-13-30-11-5-4-8-22(30)27-17/h2-13H,14-15H2,1H3,(H,28,31). The molecule has 0 saturated carbocycles. The Bertz CT molecular complexity index is 1290. The molecule has 2 amide bonds. The summed E-state index contributed by atoms with van der Waals surface area (Å²) >= 11 is 13.4. The number of anilines is 1. The molecule has 4 aromatic rings. The van der Waals surface area contributed by atoms with Crippen LogP contribution in [0.1, 0.15) is 16.1 Å². The summed E-state index contributed by atoms with van der Waals surface area (Å²) in [5.74, 6) is 0.0458. The first kappa shape index (κ1) is 23.2. The van der Waals surface area contributed by atoms with Gasteiger partial charge in [-0.05, 0) is 42.5 Å². The van der Waals surface area contributed by atoms with E-state index >= 15 is 0 Å². The predicted molar refractivity (Wildman–Crippen MR) is 133 cm³/mol. The summed E-state index contributed by atoms with van der Waals surface area (Å²) in [5, 5.41) is 3.47. The number of thioether (sulfide) groups is 1. The summed E-state index contributed by atoms with van der Waals surface area (Å²) < 4.78 is 1.97. The molecule has 0 aliphatic rings. The largest absolute Gasteiger partial charge is 0.332 e. The summed E-state index contributed by atoms with van der Waals surface area (Å²) in [6.45, 7) is -0.107. The number of rotatable bonds is 7. The minimum atomic E-state index is -0.334. The number of hydrogen-bond acceptors (Lipinski definition) is 4. The van der Waals surface area contributed by atoms with Crippen molar-refractivity contribution < 1.29 is 9.59 Å². The van der Waals surface area contributed by atoms with E-state index in [4.69, 9.17) is 23.2 Å². The number of hydrogen-bond donors (Lipinski definition) is 1. The average Bonchev–Trinajstić information content (AvgIpc) is 3.23. The van der Waals surface area contributed by atoms with Gasteiger partial charge < -0.3 is 14.6 Å². The molecule has 2 aromatic carbocycles. The van der Waals surface area contributed by atoms with Crippen molar-refractivity contribution >= 4 is 58.1 Å². The number of carbonyl (C=O) groups is 2. The Labute approximate surface area is 205 Å². The number of carbonyl (C=O) groups excluding carboxylic acids is 2. The van der Waals surface area contributed by atoms with Crippen molar-refractivity contribution in [2.24, 2.45) is 0 Å². The van der Waals surface area contributed by atoms with Gasteiger partial charge >= 0.3 is 0 Å². The lowest BCUT2D eigenvalue weighted by atomic mass is 10.2. The van der Waals surface area contributed by atoms with Crippen LogP contribution in [0, 0.1) is 0 Å². The lowest BCUT2D eigenvalue weighted by Crippen LogP contribution is -2.35. The lowest BCUT2D eigenvalue weighted by Gasteiger charge is -2.18. The number of amides is 2. The monoisotopic (exact) mass is 498 g/mol. The van der Waals surface area contributed by atoms with E-state index in [-0.39, 0.29) is 18.4 Å². The second-order valence-corrected chi connectivity index (χ2v) is 9.15. The van der Waals surface area contributed by atoms with Crippen LogP contribution in [-0.4, -0.2) is 39.7 Å². The highest BCUT2D eigenvalue weighted by Gasteiger charge is 2.19. The van der Waals surface area contributed by atoms with Gasteiger partial charge in [0, 0.05) is 35.8 Å². The number of nitrogens with one attached hydrogen (secondary N) is 1. The molecule has 0 atom stereocenters. The maximum absolute atomic E-state index is 13.1. The average molecular weight is 499 g/mol. The Morgan fingerprint density at radius 3 is 2.64 bits per heavy atom. The zero-order valence-corrected chi connectivity index (χ0v) is 20.0. The van der Waals surface area contributed by atoms with E-state index < -0.39 is 0 Å². The van der Waals surface area contributed by atoms with Crippen LogP contribution in [0.5, 0.6) is 0 Å². The number of benzene rings is 2. The highest BCUT2D eigenvalue weighted by molar-refractivity contribution is 7.98. The van der Waals surface area contributed by atoms with Crippen molar-refractivity contribution in [2.45, 2.75) is 10.6 Å². The van der Waals surface area contributed by atoms with Crippen molar-refractivity contribution in [3.63, 3.8) is 0 Å². The second kappa shape index (κ2) is 10.3. The summed E-state index contributed by atoms with van der Waals surface area (Å²) in [5.41, 5.74) is 2.85. The van der Waals surface area contributed by atoms with Crippen LogP contribution < -0.4 is 5.32 Å². The Balaban J connectivity index is 1.41. The van der Waals surface area contributed by atoms with Crippen molar-refractivity contribution in [2.75, 3.05) is 18.9 Å². The normalized spacial score (nSPS) is 10.9. The van der Waals surface area contributed by atoms with Crippen molar-refractivity contribution in [3.8, 4) is 0 Å². The zero-order valence-electron chi connectivity index (χ0n) is 17.7. The topological polar surface area (TPSA) is 66.7 Å². The third kappa shape index (κ3) is 5.68. The molecule has 0 unspecified atom stereocenters. The maximum atomic E-state index is 13.1. The predicted octanol–water partition coefficient (Wildman–Crippen LogP) is 5.64. The number of aromatic nitrogens is 2. The Morgan fingerprint density at radius 2 is 1.85 bits per heavy atom. The fourth-order valence-corrected chi connectivity index (χ4v) is 4.47. The molecule has 0 fully saturated rings. The molecule has 0 bridgehead atoms. The molecule has 6 nitrogen and oxygen atoms in total. The SMILES string of the molecule is CN(CC(=O)Nc1ccc(Cl)c(Cl)c1)C(=O)c1ccccc1SCc1cn2ccccc2n1. The Kier molecular flexibility index (Phi) is 7.23. The molecule has 0 aliphatic carbocycles. The molecule has 9 heteroatoms. The fraction of sp³-hybridized carbons (Fsp3) is 0.125. The molecule has 33 heavy (non-hydrogen) atoms. The summed E-state index contributed by atoms with van der Waals surface area (Å²) in [6.07, 6.45) is 3.93. The number of pyridine rings is 1. The van der Waals surface area contributed by atoms with Gasteiger partial charge in [0.05, 0.1) is 27.8 Å². The molecule has 4 rings (SSSR count). The first-order chi connectivity index (χ1) is 15.9. The number of halogens is 2. The van der Waals surface area contributed by atoms with E-state index in [1.54, 1.807) is 31.3 Å². The summed E-state index contributed by atoms with van der Waals surface area (Å²) in [7, 11) is 1.60. The van der Waals surface area contributed by atoms with Crippen LogP contribution in [0.4, 0.5) is 5.69 Å².